The van der Waals surface area contributed by atoms with Crippen LogP contribution in [0.25, 0.3) is 0 Å². The Kier molecular flexibility index (Phi) is 7.32. The Morgan fingerprint density at radius 3 is 2.52 bits per heavy atom. The molecule has 0 fully saturated rings. The summed E-state index contributed by atoms with van der Waals surface area (Å²) in [6, 6.07) is 4.72. The van der Waals surface area contributed by atoms with Crippen LogP contribution in [0.2, 0.25) is 0 Å². The summed E-state index contributed by atoms with van der Waals surface area (Å²) in [6.07, 6.45) is 2.02. The molecule has 4 nitrogen and oxygen atoms in total. The first-order valence-electron chi connectivity index (χ1n) is 7.28. The van der Waals surface area contributed by atoms with Crippen LogP contribution in [0.4, 0.5) is 4.39 Å². The molecule has 0 bridgehead atoms. The molecule has 0 aliphatic heterocycles. The number of methoxy groups -OCH3 is 1. The fraction of sp³-hybridized carbons (Fsp3) is 0.562. The molecule has 0 amide bonds. The van der Waals surface area contributed by atoms with Crippen molar-refractivity contribution in [2.75, 3.05) is 20.3 Å². The molecule has 0 radical (unpaired) electrons. The minimum atomic E-state index is -1.24. The molecule has 1 rings (SSSR count). The lowest BCUT2D eigenvalue weighted by atomic mass is 10.1. The zero-order valence-electron chi connectivity index (χ0n) is 12.9. The first kappa shape index (κ1) is 17.6. The highest BCUT2D eigenvalue weighted by Crippen LogP contribution is 2.16. The zero-order valence-corrected chi connectivity index (χ0v) is 12.9. The number of aromatic carboxylic acids is 1. The minimum Gasteiger partial charge on any atom is -0.478 e. The molecule has 0 aromatic heterocycles. The number of ether oxygens (including phenoxy) is 1. The number of hydrogen-bond donors (Lipinski definition) is 1. The van der Waals surface area contributed by atoms with Crippen molar-refractivity contribution >= 4 is 5.97 Å². The molecule has 0 aliphatic carbocycles. The number of hydrogen-bond acceptors (Lipinski definition) is 3. The van der Waals surface area contributed by atoms with Crippen LogP contribution in [0.15, 0.2) is 18.2 Å². The van der Waals surface area contributed by atoms with E-state index in [0.717, 1.165) is 24.9 Å². The molecule has 0 saturated heterocycles. The van der Waals surface area contributed by atoms with Crippen LogP contribution in [0, 0.1) is 5.82 Å². The minimum absolute atomic E-state index is 0.287. The van der Waals surface area contributed by atoms with Gasteiger partial charge in [0.15, 0.2) is 0 Å². The molecule has 0 unspecified atom stereocenters. The maximum Gasteiger partial charge on any atom is 0.338 e. The van der Waals surface area contributed by atoms with E-state index in [-0.39, 0.29) is 5.56 Å². The van der Waals surface area contributed by atoms with Gasteiger partial charge in [-0.2, -0.15) is 0 Å². The van der Waals surface area contributed by atoms with Gasteiger partial charge in [-0.1, -0.05) is 19.9 Å². The summed E-state index contributed by atoms with van der Waals surface area (Å²) in [4.78, 5) is 13.1. The number of carbonyl (C=O) groups is 1. The van der Waals surface area contributed by atoms with Crippen molar-refractivity contribution in [1.29, 1.82) is 0 Å². The van der Waals surface area contributed by atoms with E-state index in [1.54, 1.807) is 13.2 Å². The van der Waals surface area contributed by atoms with Gasteiger partial charge in [0, 0.05) is 26.2 Å². The average molecular weight is 297 g/mol. The molecule has 21 heavy (non-hydrogen) atoms. The largest absolute Gasteiger partial charge is 0.478 e. The summed E-state index contributed by atoms with van der Waals surface area (Å²) in [5, 5.41) is 8.85. The molecule has 118 valence electrons. The molecule has 1 aromatic carbocycles. The topological polar surface area (TPSA) is 49.8 Å². The number of halogens is 1. The van der Waals surface area contributed by atoms with Crippen LogP contribution in [0.1, 0.15) is 42.6 Å². The number of carboxylic acids is 1. The summed E-state index contributed by atoms with van der Waals surface area (Å²) in [5.41, 5.74) is 0.491. The third-order valence-electron chi connectivity index (χ3n) is 3.69. The lowest BCUT2D eigenvalue weighted by Gasteiger charge is -2.30. The van der Waals surface area contributed by atoms with Crippen LogP contribution < -0.4 is 0 Å². The smallest absolute Gasteiger partial charge is 0.338 e. The molecule has 0 spiro atoms. The Balaban J connectivity index is 2.87. The number of carboxylic acid groups (broad SMARTS) is 1. The second-order valence-electron chi connectivity index (χ2n) is 5.05. The fourth-order valence-electron chi connectivity index (χ4n) is 2.47. The molecule has 0 atom stereocenters. The molecular weight excluding hydrogens is 273 g/mol. The summed E-state index contributed by atoms with van der Waals surface area (Å²) in [7, 11) is 1.66. The first-order chi connectivity index (χ1) is 10.0. The van der Waals surface area contributed by atoms with Crippen molar-refractivity contribution in [2.24, 2.45) is 0 Å². The fourth-order valence-corrected chi connectivity index (χ4v) is 2.47. The van der Waals surface area contributed by atoms with Crippen molar-refractivity contribution in [1.82, 2.24) is 4.90 Å². The SMILES string of the molecule is CCC(CC)N(CCOC)Cc1ccc(C(=O)O)c(F)c1. The van der Waals surface area contributed by atoms with Crippen LogP contribution >= 0.6 is 0 Å². The average Bonchev–Trinajstić information content (AvgIpc) is 2.45. The summed E-state index contributed by atoms with van der Waals surface area (Å²) < 4.78 is 18.9. The standard InChI is InChI=1S/C16H24FNO3/c1-4-13(5-2)18(8-9-21-3)11-12-6-7-14(16(19)20)15(17)10-12/h6-7,10,13H,4-5,8-9,11H2,1-3H3,(H,19,20). The highest BCUT2D eigenvalue weighted by atomic mass is 19.1. The van der Waals surface area contributed by atoms with E-state index in [9.17, 15) is 9.18 Å². The quantitative estimate of drug-likeness (QED) is 0.760. The van der Waals surface area contributed by atoms with Crippen LogP contribution in [-0.4, -0.2) is 42.3 Å². The summed E-state index contributed by atoms with van der Waals surface area (Å²) in [6.45, 7) is 6.23. The van der Waals surface area contributed by atoms with Crippen molar-refractivity contribution in [3.63, 3.8) is 0 Å². The van der Waals surface area contributed by atoms with Gasteiger partial charge in [0.1, 0.15) is 5.82 Å². The van der Waals surface area contributed by atoms with Crippen molar-refractivity contribution in [3.8, 4) is 0 Å². The van der Waals surface area contributed by atoms with Gasteiger partial charge in [0.25, 0.3) is 0 Å². The van der Waals surface area contributed by atoms with Gasteiger partial charge < -0.3 is 9.84 Å². The van der Waals surface area contributed by atoms with Crippen LogP contribution in [0.5, 0.6) is 0 Å². The third kappa shape index (κ3) is 5.10. The van der Waals surface area contributed by atoms with Crippen molar-refractivity contribution < 1.29 is 19.0 Å². The molecule has 5 heteroatoms. The van der Waals surface area contributed by atoms with E-state index in [0.29, 0.717) is 19.2 Å². The summed E-state index contributed by atoms with van der Waals surface area (Å²) >= 11 is 0. The Morgan fingerprint density at radius 2 is 2.05 bits per heavy atom. The second kappa shape index (κ2) is 8.74. The molecule has 0 heterocycles. The van der Waals surface area contributed by atoms with E-state index in [2.05, 4.69) is 18.7 Å². The first-order valence-corrected chi connectivity index (χ1v) is 7.28. The van der Waals surface area contributed by atoms with Gasteiger partial charge in [0.2, 0.25) is 0 Å². The molecule has 0 saturated carbocycles. The predicted molar refractivity (Wildman–Crippen MR) is 80.0 cm³/mol. The van der Waals surface area contributed by atoms with Gasteiger partial charge in [-0.25, -0.2) is 9.18 Å². The normalized spacial score (nSPS) is 11.3. The molecular formula is C16H24FNO3. The zero-order chi connectivity index (χ0) is 15.8. The predicted octanol–water partition coefficient (Wildman–Crippen LogP) is 3.16. The van der Waals surface area contributed by atoms with Gasteiger partial charge >= 0.3 is 5.97 Å². The van der Waals surface area contributed by atoms with Crippen molar-refractivity contribution in [2.45, 2.75) is 39.3 Å². The summed E-state index contributed by atoms with van der Waals surface area (Å²) in [5.74, 6) is -1.92. The molecule has 0 aliphatic rings. The van der Waals surface area contributed by atoms with E-state index in [4.69, 9.17) is 9.84 Å². The molecule has 1 N–H and O–H groups in total. The Hall–Kier alpha value is -1.46. The Morgan fingerprint density at radius 1 is 1.38 bits per heavy atom. The van der Waals surface area contributed by atoms with Crippen LogP contribution in [-0.2, 0) is 11.3 Å². The number of benzene rings is 1. The maximum atomic E-state index is 13.7. The molecule has 1 aromatic rings. The second-order valence-corrected chi connectivity index (χ2v) is 5.05. The van der Waals surface area contributed by atoms with E-state index < -0.39 is 11.8 Å². The van der Waals surface area contributed by atoms with Crippen LogP contribution in [0.3, 0.4) is 0 Å². The van der Waals surface area contributed by atoms with E-state index in [1.165, 1.54) is 12.1 Å². The van der Waals surface area contributed by atoms with Gasteiger partial charge in [0.05, 0.1) is 12.2 Å². The van der Waals surface area contributed by atoms with E-state index in [1.807, 2.05) is 0 Å². The third-order valence-corrected chi connectivity index (χ3v) is 3.69. The highest BCUT2D eigenvalue weighted by Gasteiger charge is 2.17. The van der Waals surface area contributed by atoms with Gasteiger partial charge in [-0.3, -0.25) is 4.90 Å². The Bertz CT molecular complexity index is 461. The highest BCUT2D eigenvalue weighted by molar-refractivity contribution is 5.87. The lowest BCUT2D eigenvalue weighted by Crippen LogP contribution is -2.36. The van der Waals surface area contributed by atoms with Gasteiger partial charge in [-0.15, -0.1) is 0 Å². The monoisotopic (exact) mass is 297 g/mol. The van der Waals surface area contributed by atoms with Gasteiger partial charge in [-0.05, 0) is 30.5 Å². The maximum absolute atomic E-state index is 13.7. The number of nitrogens with zero attached hydrogens (tertiary/aromatic N) is 1. The Labute approximate surface area is 125 Å². The lowest BCUT2D eigenvalue weighted by molar-refractivity contribution is 0.0692. The number of rotatable bonds is 9. The van der Waals surface area contributed by atoms with Crippen molar-refractivity contribution in [3.05, 3.63) is 35.1 Å². The van der Waals surface area contributed by atoms with E-state index >= 15 is 0 Å².